The van der Waals surface area contributed by atoms with Crippen molar-refractivity contribution in [2.45, 2.75) is 360 Å². The highest BCUT2D eigenvalue weighted by molar-refractivity contribution is 5.71. The number of hydrogen-bond acceptors (Lipinski definition) is 7. The standard InChI is InChI=1S/C78H141NO8/c1-6-8-10-12-14-16-18-20-22-24-26-28-29-30-31-32-33-34-35-36-37-38-39-40-41-42-43-44-45-46-47-49-51-53-55-57-59-61-63-65-67-69-76(81)87-74(73-86-78(77(82)83)84-71-70-79(3,4)5)72-85-75(80)68-66-64-62-60-58-56-54-52-50-48-27-25-23-21-19-17-15-13-11-9-7-2/h8,10,14,16,20,22,25-28,30-31,74,78H,6-7,9,11-13,15,17-19,21,23-24,29,32-73H2,1-5H3/p+1/b10-8-,16-14-,22-20-,27-25-,28-26-,31-30-. The van der Waals surface area contributed by atoms with E-state index in [2.05, 4.69) is 86.8 Å². The molecule has 0 aromatic heterocycles. The fourth-order valence-corrected chi connectivity index (χ4v) is 10.8. The first kappa shape index (κ1) is 83.7. The SMILES string of the molecule is CC/C=C\C/C=C\C/C=C\C/C=C\C/C=C\CCCCCCCCCCCCCCCCCCCCCCCCCCCC(=O)OC(COC(=O)CCCCCCCCCCC/C=C\CCCCCCCCCC)COC(OCC[N+](C)(C)C)C(=O)O. The minimum atomic E-state index is -1.51. The average Bonchev–Trinajstić information content (AvgIpc) is 3.59. The number of likely N-dealkylation sites (N-methyl/N-ethyl adjacent to an activating group) is 1. The number of unbranched alkanes of at least 4 members (excludes halogenated alkanes) is 42. The third-order valence-corrected chi connectivity index (χ3v) is 16.4. The van der Waals surface area contributed by atoms with Crippen LogP contribution in [0.1, 0.15) is 348 Å². The first-order chi connectivity index (χ1) is 42.6. The van der Waals surface area contributed by atoms with Crippen LogP contribution in [0.4, 0.5) is 0 Å². The Balaban J connectivity index is 3.96. The molecule has 0 rings (SSSR count). The van der Waals surface area contributed by atoms with Crippen LogP contribution in [0.5, 0.6) is 0 Å². The normalized spacial score (nSPS) is 13.1. The van der Waals surface area contributed by atoms with Gasteiger partial charge in [0.25, 0.3) is 6.29 Å². The quantitative estimate of drug-likeness (QED) is 0.0211. The van der Waals surface area contributed by atoms with Crippen molar-refractivity contribution in [3.63, 3.8) is 0 Å². The minimum Gasteiger partial charge on any atom is -0.477 e. The van der Waals surface area contributed by atoms with E-state index >= 15 is 0 Å². The molecular formula is C78H142NO8+. The molecule has 87 heavy (non-hydrogen) atoms. The van der Waals surface area contributed by atoms with E-state index in [1.807, 2.05) is 21.1 Å². The lowest BCUT2D eigenvalue weighted by molar-refractivity contribution is -0.870. The van der Waals surface area contributed by atoms with Gasteiger partial charge in [0.15, 0.2) is 6.10 Å². The van der Waals surface area contributed by atoms with E-state index in [0.717, 1.165) is 70.6 Å². The Morgan fingerprint density at radius 3 is 0.989 bits per heavy atom. The highest BCUT2D eigenvalue weighted by Gasteiger charge is 2.25. The van der Waals surface area contributed by atoms with Gasteiger partial charge >= 0.3 is 17.9 Å². The number of esters is 2. The van der Waals surface area contributed by atoms with Gasteiger partial charge in [-0.05, 0) is 83.5 Å². The highest BCUT2D eigenvalue weighted by Crippen LogP contribution is 2.19. The van der Waals surface area contributed by atoms with E-state index in [1.165, 1.54) is 250 Å². The Morgan fingerprint density at radius 1 is 0.356 bits per heavy atom. The van der Waals surface area contributed by atoms with Crippen molar-refractivity contribution in [2.75, 3.05) is 47.5 Å². The van der Waals surface area contributed by atoms with Crippen molar-refractivity contribution >= 4 is 17.9 Å². The smallest absolute Gasteiger partial charge is 0.361 e. The lowest BCUT2D eigenvalue weighted by atomic mass is 10.0. The van der Waals surface area contributed by atoms with Crippen molar-refractivity contribution in [3.8, 4) is 0 Å². The van der Waals surface area contributed by atoms with E-state index in [4.69, 9.17) is 18.9 Å². The summed E-state index contributed by atoms with van der Waals surface area (Å²) in [5.41, 5.74) is 0. The lowest BCUT2D eigenvalue weighted by Crippen LogP contribution is -2.40. The van der Waals surface area contributed by atoms with E-state index in [1.54, 1.807) is 0 Å². The lowest BCUT2D eigenvalue weighted by Gasteiger charge is -2.25. The number of carbonyl (C=O) groups excluding carboxylic acids is 2. The van der Waals surface area contributed by atoms with Gasteiger partial charge in [-0.2, -0.15) is 0 Å². The molecule has 0 aliphatic heterocycles. The molecule has 2 unspecified atom stereocenters. The number of hydrogen-bond donors (Lipinski definition) is 1. The molecule has 1 N–H and O–H groups in total. The molecule has 0 aromatic rings. The van der Waals surface area contributed by atoms with E-state index in [-0.39, 0.29) is 38.2 Å². The van der Waals surface area contributed by atoms with Crippen molar-refractivity contribution in [1.29, 1.82) is 0 Å². The molecule has 0 saturated carbocycles. The Labute approximate surface area is 538 Å². The van der Waals surface area contributed by atoms with E-state index in [9.17, 15) is 19.5 Å². The van der Waals surface area contributed by atoms with Crippen LogP contribution < -0.4 is 0 Å². The number of carboxylic acids is 1. The molecular weight excluding hydrogens is 1080 g/mol. The third kappa shape index (κ3) is 70.1. The molecule has 0 bridgehead atoms. The number of allylic oxidation sites excluding steroid dienone is 12. The summed E-state index contributed by atoms with van der Waals surface area (Å²) in [5, 5.41) is 9.75. The second-order valence-corrected chi connectivity index (χ2v) is 26.2. The summed E-state index contributed by atoms with van der Waals surface area (Å²) in [5.74, 6) is -1.98. The van der Waals surface area contributed by atoms with Crippen LogP contribution in [0, 0.1) is 0 Å². The van der Waals surface area contributed by atoms with E-state index in [0.29, 0.717) is 17.4 Å². The summed E-state index contributed by atoms with van der Waals surface area (Å²) in [7, 11) is 5.99. The summed E-state index contributed by atoms with van der Waals surface area (Å²) in [6.07, 6.45) is 89.0. The summed E-state index contributed by atoms with van der Waals surface area (Å²) in [6.45, 7) is 4.81. The van der Waals surface area contributed by atoms with Gasteiger partial charge in [0.1, 0.15) is 13.2 Å². The Bertz CT molecular complexity index is 1660. The van der Waals surface area contributed by atoms with Gasteiger partial charge in [0.2, 0.25) is 0 Å². The van der Waals surface area contributed by atoms with Crippen LogP contribution in [0.3, 0.4) is 0 Å². The number of carbonyl (C=O) groups is 3. The molecule has 0 heterocycles. The maximum Gasteiger partial charge on any atom is 0.361 e. The van der Waals surface area contributed by atoms with Crippen LogP contribution in [0.15, 0.2) is 72.9 Å². The molecule has 0 aliphatic rings. The van der Waals surface area contributed by atoms with Crippen LogP contribution >= 0.6 is 0 Å². The number of rotatable bonds is 69. The second-order valence-electron chi connectivity index (χ2n) is 26.2. The fourth-order valence-electron chi connectivity index (χ4n) is 10.8. The Kier molecular flexibility index (Phi) is 66.1. The molecule has 9 nitrogen and oxygen atoms in total. The largest absolute Gasteiger partial charge is 0.477 e. The molecule has 0 radical (unpaired) electrons. The van der Waals surface area contributed by atoms with Gasteiger partial charge in [-0.3, -0.25) is 9.59 Å². The minimum absolute atomic E-state index is 0.179. The maximum absolute atomic E-state index is 13.0. The first-order valence-electron chi connectivity index (χ1n) is 37.1. The van der Waals surface area contributed by atoms with Gasteiger partial charge in [0, 0.05) is 12.8 Å². The molecule has 0 saturated heterocycles. The van der Waals surface area contributed by atoms with Crippen molar-refractivity contribution < 1.29 is 42.9 Å². The van der Waals surface area contributed by atoms with Gasteiger partial charge in [0.05, 0.1) is 34.4 Å². The van der Waals surface area contributed by atoms with Gasteiger partial charge in [-0.1, -0.05) is 324 Å². The zero-order valence-corrected chi connectivity index (χ0v) is 57.9. The Morgan fingerprint density at radius 2 is 0.655 bits per heavy atom. The van der Waals surface area contributed by atoms with Crippen LogP contribution in [0.25, 0.3) is 0 Å². The Hall–Kier alpha value is -3.27. The summed E-state index contributed by atoms with van der Waals surface area (Å²) in [4.78, 5) is 37.6. The molecule has 0 spiro atoms. The summed E-state index contributed by atoms with van der Waals surface area (Å²) in [6, 6.07) is 0. The summed E-state index contributed by atoms with van der Waals surface area (Å²) >= 11 is 0. The van der Waals surface area contributed by atoms with Crippen LogP contribution in [-0.2, 0) is 33.3 Å². The molecule has 506 valence electrons. The zero-order valence-electron chi connectivity index (χ0n) is 57.9. The molecule has 9 heteroatoms. The summed E-state index contributed by atoms with van der Waals surface area (Å²) < 4.78 is 23.0. The number of ether oxygens (including phenoxy) is 4. The average molecular weight is 1220 g/mol. The number of quaternary nitrogens is 1. The van der Waals surface area contributed by atoms with Gasteiger partial charge in [-0.15, -0.1) is 0 Å². The molecule has 0 aromatic carbocycles. The van der Waals surface area contributed by atoms with Crippen molar-refractivity contribution in [1.82, 2.24) is 0 Å². The maximum atomic E-state index is 13.0. The predicted octanol–water partition coefficient (Wildman–Crippen LogP) is 23.3. The highest BCUT2D eigenvalue weighted by atomic mass is 16.7. The monoisotopic (exact) mass is 1220 g/mol. The van der Waals surface area contributed by atoms with E-state index < -0.39 is 18.4 Å². The molecule has 0 aliphatic carbocycles. The molecule has 2 atom stereocenters. The zero-order chi connectivity index (χ0) is 63.3. The third-order valence-electron chi connectivity index (χ3n) is 16.4. The number of aliphatic carboxylic acids is 1. The topological polar surface area (TPSA) is 108 Å². The molecule has 0 amide bonds. The second kappa shape index (κ2) is 68.6. The first-order valence-corrected chi connectivity index (χ1v) is 37.1. The number of carboxylic acid groups (broad SMARTS) is 1. The van der Waals surface area contributed by atoms with Crippen LogP contribution in [-0.4, -0.2) is 87.4 Å². The fraction of sp³-hybridized carbons (Fsp3) is 0.808. The molecule has 0 fully saturated rings. The van der Waals surface area contributed by atoms with Crippen molar-refractivity contribution in [2.24, 2.45) is 0 Å². The van der Waals surface area contributed by atoms with Gasteiger partial charge in [-0.25, -0.2) is 4.79 Å². The number of nitrogens with zero attached hydrogens (tertiary/aromatic N) is 1. The van der Waals surface area contributed by atoms with Gasteiger partial charge < -0.3 is 28.5 Å². The predicted molar refractivity (Wildman–Crippen MR) is 373 cm³/mol. The van der Waals surface area contributed by atoms with Crippen LogP contribution in [0.2, 0.25) is 0 Å². The van der Waals surface area contributed by atoms with Crippen molar-refractivity contribution in [3.05, 3.63) is 72.9 Å².